The van der Waals surface area contributed by atoms with E-state index in [0.717, 1.165) is 23.5 Å². The van der Waals surface area contributed by atoms with Crippen LogP contribution in [0.1, 0.15) is 0 Å². The van der Waals surface area contributed by atoms with Crippen molar-refractivity contribution in [3.05, 3.63) is 90.1 Å². The first kappa shape index (κ1) is 18.8. The van der Waals surface area contributed by atoms with E-state index in [1.54, 1.807) is 6.08 Å². The molecule has 1 amide bonds. The van der Waals surface area contributed by atoms with Gasteiger partial charge in [0, 0.05) is 38.6 Å². The number of hydrogen-bond acceptors (Lipinski definition) is 5. The van der Waals surface area contributed by atoms with Gasteiger partial charge in [-0.2, -0.15) is 0 Å². The highest BCUT2D eigenvalue weighted by Crippen LogP contribution is 2.25. The monoisotopic (exact) mass is 388 g/mol. The van der Waals surface area contributed by atoms with Gasteiger partial charge in [0.1, 0.15) is 11.6 Å². The number of carbonyl (C=O) groups is 1. The van der Waals surface area contributed by atoms with E-state index in [0.29, 0.717) is 17.8 Å². The third-order valence-corrected chi connectivity index (χ3v) is 5.10. The average Bonchev–Trinajstić information content (AvgIpc) is 3.16. The summed E-state index contributed by atoms with van der Waals surface area (Å²) in [6, 6.07) is 17.8. The molecule has 29 heavy (non-hydrogen) atoms. The molecule has 2 N–H and O–H groups in total. The second-order valence-electron chi connectivity index (χ2n) is 7.19. The van der Waals surface area contributed by atoms with Crippen LogP contribution < -0.4 is 5.32 Å². The lowest BCUT2D eigenvalue weighted by molar-refractivity contribution is -0.113. The Morgan fingerprint density at radius 3 is 2.34 bits per heavy atom. The maximum absolute atomic E-state index is 12.7. The highest BCUT2D eigenvalue weighted by Gasteiger charge is 2.27. The second-order valence-corrected chi connectivity index (χ2v) is 7.19. The van der Waals surface area contributed by atoms with Gasteiger partial charge in [-0.15, -0.1) is 0 Å². The van der Waals surface area contributed by atoms with Gasteiger partial charge in [0.25, 0.3) is 5.91 Å². The number of nitrogens with one attached hydrogen (secondary N) is 1. The topological polar surface area (TPSA) is 59.1 Å². The van der Waals surface area contributed by atoms with Crippen molar-refractivity contribution in [2.24, 2.45) is 0 Å². The van der Waals surface area contributed by atoms with E-state index in [4.69, 9.17) is 0 Å². The quantitative estimate of drug-likeness (QED) is 0.839. The molecule has 2 aliphatic rings. The first-order valence-corrected chi connectivity index (χ1v) is 9.51. The van der Waals surface area contributed by atoms with Crippen molar-refractivity contribution in [1.82, 2.24) is 14.9 Å². The first-order valence-electron chi connectivity index (χ1n) is 9.51. The molecule has 148 valence electrons. The Morgan fingerprint density at radius 2 is 1.69 bits per heavy atom. The summed E-state index contributed by atoms with van der Waals surface area (Å²) in [5, 5.41) is 17.3. The van der Waals surface area contributed by atoms with E-state index in [1.165, 1.54) is 0 Å². The summed E-state index contributed by atoms with van der Waals surface area (Å²) >= 11 is 0. The van der Waals surface area contributed by atoms with Gasteiger partial charge in [-0.3, -0.25) is 9.80 Å². The predicted molar refractivity (Wildman–Crippen MR) is 114 cm³/mol. The molecule has 0 unspecified atom stereocenters. The Kier molecular flexibility index (Phi) is 5.10. The molecule has 2 aromatic rings. The first-order chi connectivity index (χ1) is 14.0. The Labute approximate surface area is 170 Å². The van der Waals surface area contributed by atoms with Crippen LogP contribution in [0.3, 0.4) is 0 Å². The van der Waals surface area contributed by atoms with E-state index in [-0.39, 0.29) is 11.7 Å². The van der Waals surface area contributed by atoms with Crippen molar-refractivity contribution >= 4 is 11.6 Å². The Balaban J connectivity index is 1.49. The molecule has 6 heteroatoms. The van der Waals surface area contributed by atoms with Gasteiger partial charge in [-0.1, -0.05) is 48.5 Å². The van der Waals surface area contributed by atoms with E-state index >= 15 is 0 Å². The summed E-state index contributed by atoms with van der Waals surface area (Å²) < 4.78 is 0. The van der Waals surface area contributed by atoms with Crippen LogP contribution in [0.2, 0.25) is 0 Å². The smallest absolute Gasteiger partial charge is 0.257 e. The van der Waals surface area contributed by atoms with Gasteiger partial charge in [-0.25, -0.2) is 5.01 Å². The molecule has 2 aromatic carbocycles. The average molecular weight is 388 g/mol. The van der Waals surface area contributed by atoms with Gasteiger partial charge in [0.2, 0.25) is 0 Å². The summed E-state index contributed by atoms with van der Waals surface area (Å²) in [7, 11) is 3.87. The van der Waals surface area contributed by atoms with E-state index in [2.05, 4.69) is 5.32 Å². The highest BCUT2D eigenvalue weighted by atomic mass is 16.3. The number of amides is 1. The number of aliphatic hydroxyl groups is 1. The van der Waals surface area contributed by atoms with Crippen LogP contribution in [0.15, 0.2) is 90.1 Å². The molecule has 0 atom stereocenters. The fourth-order valence-electron chi connectivity index (χ4n) is 3.48. The lowest BCUT2D eigenvalue weighted by Gasteiger charge is -2.36. The third kappa shape index (κ3) is 3.88. The molecule has 2 heterocycles. The Bertz CT molecular complexity index is 993. The molecule has 0 saturated heterocycles. The zero-order valence-electron chi connectivity index (χ0n) is 16.5. The highest BCUT2D eigenvalue weighted by molar-refractivity contribution is 6.05. The Morgan fingerprint density at radius 1 is 1.00 bits per heavy atom. The van der Waals surface area contributed by atoms with Crippen LogP contribution in [0.4, 0.5) is 5.69 Å². The number of hydrazine groups is 1. The number of nitrogens with zero attached hydrogens (tertiary/aromatic N) is 3. The van der Waals surface area contributed by atoms with Crippen LogP contribution in [0.5, 0.6) is 0 Å². The summed E-state index contributed by atoms with van der Waals surface area (Å²) in [4.78, 5) is 14.7. The van der Waals surface area contributed by atoms with Crippen molar-refractivity contribution in [2.75, 3.05) is 32.5 Å². The van der Waals surface area contributed by atoms with E-state index in [9.17, 15) is 9.90 Å². The Hall–Kier alpha value is -3.51. The van der Waals surface area contributed by atoms with Gasteiger partial charge in [0.15, 0.2) is 0 Å². The number of allylic oxidation sites excluding steroid dienone is 1. The minimum Gasteiger partial charge on any atom is -0.507 e. The molecule has 6 nitrogen and oxygen atoms in total. The molecule has 4 rings (SSSR count). The molecule has 0 radical (unpaired) electrons. The normalized spacial score (nSPS) is 17.0. The van der Waals surface area contributed by atoms with Gasteiger partial charge >= 0.3 is 0 Å². The molecule has 2 aliphatic heterocycles. The lowest BCUT2D eigenvalue weighted by Crippen LogP contribution is -2.41. The van der Waals surface area contributed by atoms with Crippen molar-refractivity contribution in [2.45, 2.75) is 0 Å². The van der Waals surface area contributed by atoms with Crippen LogP contribution in [0, 0.1) is 0 Å². The number of benzene rings is 2. The van der Waals surface area contributed by atoms with Crippen LogP contribution in [-0.2, 0) is 4.79 Å². The zero-order chi connectivity index (χ0) is 20.4. The second kappa shape index (κ2) is 7.85. The van der Waals surface area contributed by atoms with Crippen molar-refractivity contribution < 1.29 is 9.90 Å². The number of carbonyl (C=O) groups excluding carboxylic acids is 1. The predicted octanol–water partition coefficient (Wildman–Crippen LogP) is 3.57. The number of anilines is 1. The molecule has 0 saturated carbocycles. The van der Waals surface area contributed by atoms with E-state index in [1.807, 2.05) is 95.9 Å². The van der Waals surface area contributed by atoms with E-state index < -0.39 is 0 Å². The SMILES string of the molecule is CN1CC(C(=O)Nc2ccc(-c3ccccc3)cc2)=C(O)C=C1N1C=CCN1C. The summed E-state index contributed by atoms with van der Waals surface area (Å²) in [6.07, 6.45) is 5.62. The van der Waals surface area contributed by atoms with Crippen LogP contribution in [-0.4, -0.2) is 53.1 Å². The molecule has 0 aromatic heterocycles. The minimum absolute atomic E-state index is 0.00907. The molecule has 0 fully saturated rings. The summed E-state index contributed by atoms with van der Waals surface area (Å²) in [6.45, 7) is 1.13. The fraction of sp³-hybridized carbons (Fsp3) is 0.174. The molecule has 0 bridgehead atoms. The maximum atomic E-state index is 12.7. The zero-order valence-corrected chi connectivity index (χ0v) is 16.5. The summed E-state index contributed by atoms with van der Waals surface area (Å²) in [5.74, 6) is 0.509. The fourth-order valence-corrected chi connectivity index (χ4v) is 3.48. The van der Waals surface area contributed by atoms with Gasteiger partial charge in [-0.05, 0) is 23.3 Å². The van der Waals surface area contributed by atoms with Crippen molar-refractivity contribution in [3.8, 4) is 11.1 Å². The molecular weight excluding hydrogens is 364 g/mol. The number of aliphatic hydroxyl groups excluding tert-OH is 1. The van der Waals surface area contributed by atoms with Crippen LogP contribution in [0.25, 0.3) is 11.1 Å². The van der Waals surface area contributed by atoms with Crippen LogP contribution >= 0.6 is 0 Å². The number of hydrogen-bond donors (Lipinski definition) is 2. The van der Waals surface area contributed by atoms with Crippen molar-refractivity contribution in [3.63, 3.8) is 0 Å². The number of rotatable bonds is 4. The maximum Gasteiger partial charge on any atom is 0.257 e. The third-order valence-electron chi connectivity index (χ3n) is 5.10. The van der Waals surface area contributed by atoms with Gasteiger partial charge < -0.3 is 15.3 Å². The minimum atomic E-state index is -0.303. The number of likely N-dealkylation sites (N-methyl/N-ethyl adjacent to an activating group) is 2. The van der Waals surface area contributed by atoms with Gasteiger partial charge in [0.05, 0.1) is 12.1 Å². The standard InChI is InChI=1S/C23H24N4O2/c1-25-16-20(21(28)15-22(25)27-14-6-13-26(27)2)23(29)24-19-11-9-18(10-12-19)17-7-4-3-5-8-17/h3-12,14-15,28H,13,16H2,1-2H3,(H,24,29). The largest absolute Gasteiger partial charge is 0.507 e. The molecular formula is C23H24N4O2. The molecule has 0 spiro atoms. The lowest BCUT2D eigenvalue weighted by atomic mass is 10.1. The summed E-state index contributed by atoms with van der Waals surface area (Å²) in [5.41, 5.74) is 3.24. The van der Waals surface area contributed by atoms with Crippen molar-refractivity contribution in [1.29, 1.82) is 0 Å². The molecule has 0 aliphatic carbocycles.